The molecule has 0 amide bonds. The van der Waals surface area contributed by atoms with Crippen molar-refractivity contribution in [2.45, 2.75) is 0 Å². The lowest BCUT2D eigenvalue weighted by molar-refractivity contribution is 1.16. The van der Waals surface area contributed by atoms with Gasteiger partial charge in [-0.3, -0.25) is 4.98 Å². The van der Waals surface area contributed by atoms with Crippen molar-refractivity contribution in [3.63, 3.8) is 0 Å². The van der Waals surface area contributed by atoms with Crippen LogP contribution in [0.1, 0.15) is 0 Å². The van der Waals surface area contributed by atoms with Gasteiger partial charge in [0, 0.05) is 31.2 Å². The lowest BCUT2D eigenvalue weighted by atomic mass is 10.4. The minimum Gasteiger partial charge on any atom is -0.373 e. The topological polar surface area (TPSA) is 62.7 Å². The zero-order chi connectivity index (χ0) is 10.5. The maximum Gasteiger partial charge on any atom is 0.135 e. The van der Waals surface area contributed by atoms with Crippen LogP contribution in [0, 0.1) is 0 Å². The van der Waals surface area contributed by atoms with E-state index in [-0.39, 0.29) is 0 Å². The van der Waals surface area contributed by atoms with Crippen LogP contribution in [0.5, 0.6) is 0 Å². The van der Waals surface area contributed by atoms with E-state index in [4.69, 9.17) is 0 Å². The molecule has 0 atom stereocenters. The van der Waals surface area contributed by atoms with E-state index in [1.165, 1.54) is 6.33 Å². The first kappa shape index (κ1) is 9.39. The van der Waals surface area contributed by atoms with Gasteiger partial charge in [-0.1, -0.05) is 0 Å². The molecule has 5 heteroatoms. The summed E-state index contributed by atoms with van der Waals surface area (Å²) in [6, 6.07) is 5.59. The van der Waals surface area contributed by atoms with Gasteiger partial charge in [-0.2, -0.15) is 0 Å². The summed E-state index contributed by atoms with van der Waals surface area (Å²) in [5.41, 5.74) is 0.950. The maximum absolute atomic E-state index is 4.10. The first-order valence-electron chi connectivity index (χ1n) is 4.55. The van der Waals surface area contributed by atoms with Crippen LogP contribution in [-0.4, -0.2) is 22.0 Å². The third-order valence-electron chi connectivity index (χ3n) is 1.88. The normalized spacial score (nSPS) is 9.67. The van der Waals surface area contributed by atoms with Gasteiger partial charge in [0.1, 0.15) is 18.0 Å². The molecule has 0 bridgehead atoms. The van der Waals surface area contributed by atoms with Crippen molar-refractivity contribution in [3.8, 4) is 0 Å². The Morgan fingerprint density at radius 3 is 2.53 bits per heavy atom. The van der Waals surface area contributed by atoms with Gasteiger partial charge < -0.3 is 10.6 Å². The van der Waals surface area contributed by atoms with Gasteiger partial charge >= 0.3 is 0 Å². The number of nitrogens with one attached hydrogen (secondary N) is 2. The number of rotatable bonds is 3. The van der Waals surface area contributed by atoms with Gasteiger partial charge in [0.05, 0.1) is 0 Å². The second-order valence-electron chi connectivity index (χ2n) is 2.90. The van der Waals surface area contributed by atoms with Crippen molar-refractivity contribution < 1.29 is 0 Å². The maximum atomic E-state index is 4.10. The Bertz CT molecular complexity index is 429. The Morgan fingerprint density at radius 2 is 1.80 bits per heavy atom. The Labute approximate surface area is 87.6 Å². The summed E-state index contributed by atoms with van der Waals surface area (Å²) in [7, 11) is 1.82. The molecular weight excluding hydrogens is 190 g/mol. The van der Waals surface area contributed by atoms with E-state index in [2.05, 4.69) is 25.6 Å². The first-order valence-corrected chi connectivity index (χ1v) is 4.55. The number of pyridine rings is 1. The van der Waals surface area contributed by atoms with Crippen molar-refractivity contribution in [1.82, 2.24) is 15.0 Å². The molecule has 0 unspecified atom stereocenters. The molecule has 2 rings (SSSR count). The molecule has 2 aromatic rings. The number of aromatic nitrogens is 3. The minimum absolute atomic E-state index is 0.751. The molecule has 0 aliphatic heterocycles. The number of hydrogen-bond acceptors (Lipinski definition) is 5. The fourth-order valence-corrected chi connectivity index (χ4v) is 1.15. The van der Waals surface area contributed by atoms with Crippen molar-refractivity contribution in [2.75, 3.05) is 17.7 Å². The summed E-state index contributed by atoms with van der Waals surface area (Å²) < 4.78 is 0. The van der Waals surface area contributed by atoms with Crippen LogP contribution >= 0.6 is 0 Å². The molecular formula is C10H11N5. The van der Waals surface area contributed by atoms with Crippen molar-refractivity contribution >= 4 is 17.3 Å². The van der Waals surface area contributed by atoms with Crippen molar-refractivity contribution in [3.05, 3.63) is 36.9 Å². The summed E-state index contributed by atoms with van der Waals surface area (Å²) in [4.78, 5) is 12.1. The highest BCUT2D eigenvalue weighted by Crippen LogP contribution is 2.14. The van der Waals surface area contributed by atoms with Gasteiger partial charge in [-0.25, -0.2) is 9.97 Å². The van der Waals surface area contributed by atoms with Crippen LogP contribution in [0.15, 0.2) is 36.9 Å². The third kappa shape index (κ3) is 2.40. The monoisotopic (exact) mass is 201 g/mol. The van der Waals surface area contributed by atoms with Gasteiger partial charge in [0.15, 0.2) is 0 Å². The summed E-state index contributed by atoms with van der Waals surface area (Å²) in [6.45, 7) is 0. The van der Waals surface area contributed by atoms with Crippen LogP contribution in [0.4, 0.5) is 17.3 Å². The highest BCUT2D eigenvalue weighted by atomic mass is 15.1. The molecule has 0 aliphatic rings. The molecule has 0 spiro atoms. The molecule has 0 saturated carbocycles. The van der Waals surface area contributed by atoms with Crippen LogP contribution in [0.25, 0.3) is 0 Å². The largest absolute Gasteiger partial charge is 0.373 e. The van der Waals surface area contributed by atoms with E-state index in [9.17, 15) is 0 Å². The molecule has 15 heavy (non-hydrogen) atoms. The fourth-order valence-electron chi connectivity index (χ4n) is 1.15. The quantitative estimate of drug-likeness (QED) is 0.790. The third-order valence-corrected chi connectivity index (χ3v) is 1.88. The SMILES string of the molecule is CNc1cc(Nc2ccncc2)ncn1. The summed E-state index contributed by atoms with van der Waals surface area (Å²) in [5, 5.41) is 6.10. The van der Waals surface area contributed by atoms with Crippen LogP contribution < -0.4 is 10.6 Å². The van der Waals surface area contributed by atoms with Gasteiger partial charge in [-0.15, -0.1) is 0 Å². The average molecular weight is 201 g/mol. The molecule has 0 fully saturated rings. The Balaban J connectivity index is 2.17. The lowest BCUT2D eigenvalue weighted by Gasteiger charge is -2.05. The molecule has 2 aromatic heterocycles. The first-order chi connectivity index (χ1) is 7.38. The van der Waals surface area contributed by atoms with E-state index in [1.807, 2.05) is 25.2 Å². The summed E-state index contributed by atoms with van der Waals surface area (Å²) >= 11 is 0. The molecule has 0 saturated heterocycles. The predicted octanol–water partition coefficient (Wildman–Crippen LogP) is 1.66. The van der Waals surface area contributed by atoms with Crippen LogP contribution in [-0.2, 0) is 0 Å². The standard InChI is InChI=1S/C10H11N5/c1-11-9-6-10(14-7-13-9)15-8-2-4-12-5-3-8/h2-7H,1H3,(H2,11,12,13,14,15). The molecule has 0 aliphatic carbocycles. The second kappa shape index (κ2) is 4.36. The van der Waals surface area contributed by atoms with Gasteiger partial charge in [-0.05, 0) is 12.1 Å². The number of hydrogen-bond donors (Lipinski definition) is 2. The Kier molecular flexibility index (Phi) is 2.73. The zero-order valence-electron chi connectivity index (χ0n) is 8.31. The molecule has 2 N–H and O–H groups in total. The molecule has 2 heterocycles. The fraction of sp³-hybridized carbons (Fsp3) is 0.100. The molecule has 0 aromatic carbocycles. The minimum atomic E-state index is 0.751. The zero-order valence-corrected chi connectivity index (χ0v) is 8.31. The molecule has 5 nitrogen and oxygen atoms in total. The van der Waals surface area contributed by atoms with E-state index >= 15 is 0 Å². The smallest absolute Gasteiger partial charge is 0.135 e. The average Bonchev–Trinajstić information content (AvgIpc) is 2.31. The Morgan fingerprint density at radius 1 is 1.07 bits per heavy atom. The van der Waals surface area contributed by atoms with Crippen LogP contribution in [0.2, 0.25) is 0 Å². The van der Waals surface area contributed by atoms with E-state index < -0.39 is 0 Å². The second-order valence-corrected chi connectivity index (χ2v) is 2.90. The predicted molar refractivity (Wildman–Crippen MR) is 59.1 cm³/mol. The van der Waals surface area contributed by atoms with Gasteiger partial charge in [0.25, 0.3) is 0 Å². The molecule has 76 valence electrons. The highest BCUT2D eigenvalue weighted by molar-refractivity contribution is 5.57. The Hall–Kier alpha value is -2.17. The van der Waals surface area contributed by atoms with Gasteiger partial charge in [0.2, 0.25) is 0 Å². The highest BCUT2D eigenvalue weighted by Gasteiger charge is 1.97. The van der Waals surface area contributed by atoms with E-state index in [1.54, 1.807) is 12.4 Å². The van der Waals surface area contributed by atoms with Crippen LogP contribution in [0.3, 0.4) is 0 Å². The summed E-state index contributed by atoms with van der Waals surface area (Å²) in [5.74, 6) is 1.53. The number of anilines is 3. The van der Waals surface area contributed by atoms with E-state index in [0.29, 0.717) is 0 Å². The van der Waals surface area contributed by atoms with Crippen molar-refractivity contribution in [1.29, 1.82) is 0 Å². The van der Waals surface area contributed by atoms with Crippen molar-refractivity contribution in [2.24, 2.45) is 0 Å². The lowest BCUT2D eigenvalue weighted by Crippen LogP contribution is -1.97. The summed E-state index contributed by atoms with van der Waals surface area (Å²) in [6.07, 6.45) is 4.96. The van der Waals surface area contributed by atoms with E-state index in [0.717, 1.165) is 17.3 Å². The molecule has 0 radical (unpaired) electrons. The number of nitrogens with zero attached hydrogens (tertiary/aromatic N) is 3.